The quantitative estimate of drug-likeness (QED) is 0.671. The lowest BCUT2D eigenvalue weighted by atomic mass is 10.0. The molecule has 0 spiro atoms. The van der Waals surface area contributed by atoms with Crippen molar-refractivity contribution in [1.82, 2.24) is 5.32 Å². The minimum Gasteiger partial charge on any atom is -0.481 e. The zero-order valence-electron chi connectivity index (χ0n) is 11.7. The van der Waals surface area contributed by atoms with Gasteiger partial charge in [0.25, 0.3) is 0 Å². The van der Waals surface area contributed by atoms with Crippen LogP contribution in [0.15, 0.2) is 24.3 Å². The van der Waals surface area contributed by atoms with Gasteiger partial charge < -0.3 is 15.2 Å². The maximum absolute atomic E-state index is 10.8. The number of nitrogens with one attached hydrogen (secondary N) is 1. The topological polar surface area (TPSA) is 58.6 Å². The van der Waals surface area contributed by atoms with Crippen LogP contribution < -0.4 is 5.32 Å². The first-order chi connectivity index (χ1) is 9.09. The highest BCUT2D eigenvalue weighted by atomic mass is 16.5. The lowest BCUT2D eigenvalue weighted by molar-refractivity contribution is -0.136. The fourth-order valence-electron chi connectivity index (χ4n) is 1.75. The summed E-state index contributed by atoms with van der Waals surface area (Å²) in [7, 11) is 0. The zero-order chi connectivity index (χ0) is 14.1. The number of benzene rings is 1. The lowest BCUT2D eigenvalue weighted by Gasteiger charge is -2.10. The smallest absolute Gasteiger partial charge is 0.307 e. The maximum Gasteiger partial charge on any atom is 0.307 e. The predicted molar refractivity (Wildman–Crippen MR) is 75.1 cm³/mol. The number of carboxylic acid groups (broad SMARTS) is 1. The fourth-order valence-corrected chi connectivity index (χ4v) is 1.75. The van der Waals surface area contributed by atoms with Gasteiger partial charge in [0.1, 0.15) is 0 Å². The predicted octanol–water partition coefficient (Wildman–Crippen LogP) is 2.08. The summed E-state index contributed by atoms with van der Waals surface area (Å²) in [5.41, 5.74) is 1.90. The molecule has 0 saturated heterocycles. The second-order valence-electron chi connectivity index (χ2n) is 4.98. The van der Waals surface area contributed by atoms with Crippen molar-refractivity contribution >= 4 is 5.97 Å². The molecule has 0 amide bonds. The molecular formula is C15H23NO3. The number of aliphatic carboxylic acids is 1. The summed E-state index contributed by atoms with van der Waals surface area (Å²) in [5.74, 6) is -0.246. The molecule has 0 aliphatic carbocycles. The Kier molecular flexibility index (Phi) is 7.15. The van der Waals surface area contributed by atoms with Crippen LogP contribution in [0.1, 0.15) is 25.0 Å². The molecule has 0 atom stereocenters. The van der Waals surface area contributed by atoms with Crippen molar-refractivity contribution in [3.05, 3.63) is 35.4 Å². The molecule has 0 fully saturated rings. The van der Waals surface area contributed by atoms with Gasteiger partial charge in [-0.1, -0.05) is 38.1 Å². The molecule has 0 aliphatic rings. The molecule has 0 radical (unpaired) electrons. The van der Waals surface area contributed by atoms with Crippen molar-refractivity contribution < 1.29 is 14.6 Å². The molecule has 0 unspecified atom stereocenters. The molecule has 1 aromatic carbocycles. The summed E-state index contributed by atoms with van der Waals surface area (Å²) < 4.78 is 5.47. The summed E-state index contributed by atoms with van der Waals surface area (Å²) in [6.45, 7) is 7.14. The number of ether oxygens (including phenoxy) is 1. The Hall–Kier alpha value is -1.39. The van der Waals surface area contributed by atoms with E-state index in [1.807, 2.05) is 24.3 Å². The van der Waals surface area contributed by atoms with Gasteiger partial charge in [0.15, 0.2) is 0 Å². The van der Waals surface area contributed by atoms with E-state index in [0.29, 0.717) is 19.1 Å². The summed E-state index contributed by atoms with van der Waals surface area (Å²) >= 11 is 0. The van der Waals surface area contributed by atoms with E-state index in [-0.39, 0.29) is 6.42 Å². The molecule has 1 aromatic rings. The van der Waals surface area contributed by atoms with Crippen LogP contribution in [0, 0.1) is 5.92 Å². The van der Waals surface area contributed by atoms with Gasteiger partial charge in [-0.25, -0.2) is 0 Å². The van der Waals surface area contributed by atoms with Gasteiger partial charge in [0.2, 0.25) is 0 Å². The third-order valence-electron chi connectivity index (χ3n) is 2.65. The molecule has 0 aliphatic heterocycles. The van der Waals surface area contributed by atoms with Gasteiger partial charge in [-0.3, -0.25) is 4.79 Å². The summed E-state index contributed by atoms with van der Waals surface area (Å²) in [6, 6.07) is 7.62. The number of hydrogen-bond acceptors (Lipinski definition) is 3. The van der Waals surface area contributed by atoms with Crippen molar-refractivity contribution in [2.45, 2.75) is 26.8 Å². The SMILES string of the molecule is CC(C)COCCNCc1ccccc1CC(=O)O. The summed E-state index contributed by atoms with van der Waals surface area (Å²) in [6.07, 6.45) is 0.0711. The van der Waals surface area contributed by atoms with Crippen LogP contribution in [-0.4, -0.2) is 30.8 Å². The second-order valence-corrected chi connectivity index (χ2v) is 4.98. The first kappa shape index (κ1) is 15.7. The molecule has 0 heterocycles. The van der Waals surface area contributed by atoms with E-state index < -0.39 is 5.97 Å². The normalized spacial score (nSPS) is 10.9. The van der Waals surface area contributed by atoms with E-state index in [1.54, 1.807) is 0 Å². The molecule has 1 rings (SSSR count). The van der Waals surface area contributed by atoms with E-state index in [1.165, 1.54) is 0 Å². The van der Waals surface area contributed by atoms with Gasteiger partial charge in [0, 0.05) is 19.7 Å². The molecule has 0 aromatic heterocycles. The van der Waals surface area contributed by atoms with Crippen LogP contribution in [-0.2, 0) is 22.5 Å². The number of rotatable bonds is 9. The lowest BCUT2D eigenvalue weighted by Crippen LogP contribution is -2.21. The molecule has 106 valence electrons. The molecule has 19 heavy (non-hydrogen) atoms. The molecule has 4 nitrogen and oxygen atoms in total. The third-order valence-corrected chi connectivity index (χ3v) is 2.65. The standard InChI is InChI=1S/C15H23NO3/c1-12(2)11-19-8-7-16-10-14-6-4-3-5-13(14)9-15(17)18/h3-6,12,16H,7-11H2,1-2H3,(H,17,18). The first-order valence-electron chi connectivity index (χ1n) is 6.66. The van der Waals surface area contributed by atoms with Gasteiger partial charge in [-0.05, 0) is 17.0 Å². The van der Waals surface area contributed by atoms with Crippen LogP contribution in [0.4, 0.5) is 0 Å². The Balaban J connectivity index is 2.30. The van der Waals surface area contributed by atoms with Crippen LogP contribution in [0.5, 0.6) is 0 Å². The Bertz CT molecular complexity index is 391. The van der Waals surface area contributed by atoms with E-state index in [0.717, 1.165) is 24.3 Å². The van der Waals surface area contributed by atoms with Crippen molar-refractivity contribution in [2.75, 3.05) is 19.8 Å². The van der Waals surface area contributed by atoms with Gasteiger partial charge in [-0.15, -0.1) is 0 Å². The molecule has 0 saturated carbocycles. The highest BCUT2D eigenvalue weighted by Gasteiger charge is 2.05. The Morgan fingerprint density at radius 3 is 2.63 bits per heavy atom. The van der Waals surface area contributed by atoms with E-state index in [9.17, 15) is 4.79 Å². The maximum atomic E-state index is 10.8. The Morgan fingerprint density at radius 1 is 1.32 bits per heavy atom. The minimum absolute atomic E-state index is 0.0711. The van der Waals surface area contributed by atoms with Crippen molar-refractivity contribution in [1.29, 1.82) is 0 Å². The van der Waals surface area contributed by atoms with Crippen molar-refractivity contribution in [3.63, 3.8) is 0 Å². The second kappa shape index (κ2) is 8.67. The van der Waals surface area contributed by atoms with E-state index >= 15 is 0 Å². The highest BCUT2D eigenvalue weighted by Crippen LogP contribution is 2.09. The Labute approximate surface area is 114 Å². The fraction of sp³-hybridized carbons (Fsp3) is 0.533. The van der Waals surface area contributed by atoms with Crippen LogP contribution in [0.3, 0.4) is 0 Å². The number of hydrogen-bond donors (Lipinski definition) is 2. The van der Waals surface area contributed by atoms with Crippen LogP contribution in [0.2, 0.25) is 0 Å². The average molecular weight is 265 g/mol. The Morgan fingerprint density at radius 2 is 2.00 bits per heavy atom. The monoisotopic (exact) mass is 265 g/mol. The van der Waals surface area contributed by atoms with Gasteiger partial charge in [-0.2, -0.15) is 0 Å². The first-order valence-corrected chi connectivity index (χ1v) is 6.66. The van der Waals surface area contributed by atoms with E-state index in [2.05, 4.69) is 19.2 Å². The highest BCUT2D eigenvalue weighted by molar-refractivity contribution is 5.70. The van der Waals surface area contributed by atoms with Crippen molar-refractivity contribution in [2.24, 2.45) is 5.92 Å². The minimum atomic E-state index is -0.798. The number of carboxylic acids is 1. The summed E-state index contributed by atoms with van der Waals surface area (Å²) in [4.78, 5) is 10.8. The number of carbonyl (C=O) groups is 1. The van der Waals surface area contributed by atoms with Gasteiger partial charge in [0.05, 0.1) is 13.0 Å². The van der Waals surface area contributed by atoms with Crippen LogP contribution >= 0.6 is 0 Å². The molecule has 0 bridgehead atoms. The zero-order valence-corrected chi connectivity index (χ0v) is 11.7. The summed E-state index contributed by atoms with van der Waals surface area (Å²) in [5, 5.41) is 12.1. The molecular weight excluding hydrogens is 242 g/mol. The van der Waals surface area contributed by atoms with Crippen molar-refractivity contribution in [3.8, 4) is 0 Å². The molecule has 4 heteroatoms. The molecule has 2 N–H and O–H groups in total. The third kappa shape index (κ3) is 6.94. The van der Waals surface area contributed by atoms with Crippen LogP contribution in [0.25, 0.3) is 0 Å². The van der Waals surface area contributed by atoms with E-state index in [4.69, 9.17) is 9.84 Å². The largest absolute Gasteiger partial charge is 0.481 e. The average Bonchev–Trinajstić information content (AvgIpc) is 2.34. The van der Waals surface area contributed by atoms with Gasteiger partial charge >= 0.3 is 5.97 Å².